The van der Waals surface area contributed by atoms with Crippen LogP contribution in [0, 0.1) is 5.41 Å². The predicted molar refractivity (Wildman–Crippen MR) is 52.9 cm³/mol. The normalized spacial score (nSPS) is 9.83. The molecule has 0 fully saturated rings. The van der Waals surface area contributed by atoms with Crippen LogP contribution < -0.4 is 80.5 Å². The van der Waals surface area contributed by atoms with Crippen molar-refractivity contribution in [3.05, 3.63) is 35.9 Å². The van der Waals surface area contributed by atoms with Crippen LogP contribution in [0.4, 0.5) is 0 Å². The fraction of sp³-hybridized carbons (Fsp3) is 0.333. The number of rotatable bonds is 5. The van der Waals surface area contributed by atoms with E-state index in [0.29, 0.717) is 5.56 Å². The molecule has 0 bridgehead atoms. The molecule has 0 aromatic heterocycles. The second-order valence-corrected chi connectivity index (χ2v) is 3.67. The smallest absolute Gasteiger partial charge is 0.549 e. The van der Waals surface area contributed by atoms with Crippen LogP contribution in [0.15, 0.2) is 30.3 Å². The molecule has 0 aliphatic heterocycles. The van der Waals surface area contributed by atoms with Gasteiger partial charge in [0.2, 0.25) is 0 Å². The molecule has 0 radical (unpaired) electrons. The van der Waals surface area contributed by atoms with Crippen molar-refractivity contribution in [2.24, 2.45) is 5.41 Å². The maximum atomic E-state index is 11.0. The van der Waals surface area contributed by atoms with Gasteiger partial charge in [-0.25, -0.2) is 0 Å². The summed E-state index contributed by atoms with van der Waals surface area (Å²) in [5, 5.41) is 21.9. The summed E-state index contributed by atoms with van der Waals surface area (Å²) in [7, 11) is 0. The third-order valence-electron chi connectivity index (χ3n) is 2.73. The summed E-state index contributed by atoms with van der Waals surface area (Å²) < 4.78 is 0. The summed E-state index contributed by atoms with van der Waals surface area (Å²) in [5.74, 6) is -3.20. The third kappa shape index (κ3) is 4.82. The minimum absolute atomic E-state index is 0. The molecule has 0 N–H and O–H groups in total. The van der Waals surface area contributed by atoms with E-state index in [0.717, 1.165) is 0 Å². The Balaban J connectivity index is 0. The second kappa shape index (κ2) is 9.32. The fourth-order valence-corrected chi connectivity index (χ4v) is 1.59. The van der Waals surface area contributed by atoms with E-state index in [-0.39, 0.29) is 83.1 Å². The first-order valence-electron chi connectivity index (χ1n) is 4.99. The SMILES string of the molecule is CCC(Cc1ccccc1)(C(=O)[O-])C(=O)[O-].[K+].[Li+]. The third-order valence-corrected chi connectivity index (χ3v) is 2.73. The summed E-state index contributed by atoms with van der Waals surface area (Å²) >= 11 is 0. The molecule has 6 heteroatoms. The first kappa shape index (κ1) is 20.7. The van der Waals surface area contributed by atoms with E-state index in [1.807, 2.05) is 0 Å². The number of carboxylic acids is 2. The van der Waals surface area contributed by atoms with E-state index in [2.05, 4.69) is 0 Å². The quantitative estimate of drug-likeness (QED) is 0.392. The van der Waals surface area contributed by atoms with Gasteiger partial charge in [-0.3, -0.25) is 0 Å². The molecule has 0 amide bonds. The fourth-order valence-electron chi connectivity index (χ4n) is 1.59. The van der Waals surface area contributed by atoms with Gasteiger partial charge in [-0.05, 0) is 18.4 Å². The van der Waals surface area contributed by atoms with E-state index >= 15 is 0 Å². The molecule has 0 aliphatic rings. The number of hydrogen-bond donors (Lipinski definition) is 0. The van der Waals surface area contributed by atoms with E-state index < -0.39 is 17.4 Å². The average Bonchev–Trinajstić information content (AvgIpc) is 2.26. The zero-order chi connectivity index (χ0) is 12.2. The van der Waals surface area contributed by atoms with Crippen LogP contribution in [-0.4, -0.2) is 11.9 Å². The molecule has 1 aromatic carbocycles. The van der Waals surface area contributed by atoms with Gasteiger partial charge in [-0.15, -0.1) is 0 Å². The van der Waals surface area contributed by atoms with Crippen LogP contribution >= 0.6 is 0 Å². The Morgan fingerprint density at radius 2 is 1.56 bits per heavy atom. The number of carbonyl (C=O) groups is 2. The van der Waals surface area contributed by atoms with Crippen molar-refractivity contribution in [3.63, 3.8) is 0 Å². The molecule has 0 saturated carbocycles. The maximum absolute atomic E-state index is 11.0. The zero-order valence-corrected chi connectivity index (χ0v) is 14.1. The molecule has 1 aromatic rings. The molecule has 0 atom stereocenters. The minimum atomic E-state index is -1.94. The van der Waals surface area contributed by atoms with Crippen molar-refractivity contribution in [1.29, 1.82) is 0 Å². The molecule has 86 valence electrons. The van der Waals surface area contributed by atoms with Crippen LogP contribution in [0.1, 0.15) is 18.9 Å². The number of hydrogen-bond acceptors (Lipinski definition) is 4. The largest absolute Gasteiger partial charge is 1.00 e. The molecule has 0 spiro atoms. The van der Waals surface area contributed by atoms with Crippen molar-refractivity contribution in [3.8, 4) is 0 Å². The molecule has 18 heavy (non-hydrogen) atoms. The van der Waals surface area contributed by atoms with E-state index in [1.54, 1.807) is 30.3 Å². The van der Waals surface area contributed by atoms with Crippen LogP contribution in [0.5, 0.6) is 0 Å². The molecule has 4 nitrogen and oxygen atoms in total. The van der Waals surface area contributed by atoms with Gasteiger partial charge in [0.25, 0.3) is 0 Å². The van der Waals surface area contributed by atoms with E-state index in [9.17, 15) is 19.8 Å². The Labute approximate surface area is 161 Å². The summed E-state index contributed by atoms with van der Waals surface area (Å²) in [6.07, 6.45) is -0.179. The summed E-state index contributed by atoms with van der Waals surface area (Å²) in [6, 6.07) is 8.57. The number of aliphatic carboxylic acids is 2. The Kier molecular flexibility index (Phi) is 10.7. The topological polar surface area (TPSA) is 80.3 Å². The Hall–Kier alpha value is 0.394. The van der Waals surface area contributed by atoms with Crippen LogP contribution in [0.2, 0.25) is 0 Å². The summed E-state index contributed by atoms with van der Waals surface area (Å²) in [6.45, 7) is 1.49. The van der Waals surface area contributed by atoms with E-state index in [1.165, 1.54) is 6.92 Å². The van der Waals surface area contributed by atoms with Gasteiger partial charge in [0.05, 0.1) is 17.4 Å². The zero-order valence-electron chi connectivity index (χ0n) is 10.9. The van der Waals surface area contributed by atoms with E-state index in [4.69, 9.17) is 0 Å². The average molecular weight is 266 g/mol. The van der Waals surface area contributed by atoms with Gasteiger partial charge in [-0.1, -0.05) is 37.3 Å². The van der Waals surface area contributed by atoms with Crippen LogP contribution in [0.3, 0.4) is 0 Å². The van der Waals surface area contributed by atoms with Gasteiger partial charge in [-0.2, -0.15) is 0 Å². The van der Waals surface area contributed by atoms with Crippen molar-refractivity contribution in [2.75, 3.05) is 0 Å². The maximum Gasteiger partial charge on any atom is 1.00 e. The number of benzene rings is 1. The monoisotopic (exact) mass is 266 g/mol. The van der Waals surface area contributed by atoms with Gasteiger partial charge in [0, 0.05) is 0 Å². The molecular formula is C12H12KLiO4. The second-order valence-electron chi connectivity index (χ2n) is 3.67. The summed E-state index contributed by atoms with van der Waals surface area (Å²) in [4.78, 5) is 21.9. The minimum Gasteiger partial charge on any atom is -0.549 e. The Morgan fingerprint density at radius 1 is 1.11 bits per heavy atom. The predicted octanol–water partition coefficient (Wildman–Crippen LogP) is -6.87. The molecular weight excluding hydrogens is 254 g/mol. The molecule has 0 aliphatic carbocycles. The van der Waals surface area contributed by atoms with Crippen molar-refractivity contribution < 1.29 is 90.0 Å². The van der Waals surface area contributed by atoms with Gasteiger partial charge < -0.3 is 19.8 Å². The number of carbonyl (C=O) groups excluding carboxylic acids is 2. The Morgan fingerprint density at radius 3 is 1.89 bits per heavy atom. The Bertz CT molecular complexity index is 380. The van der Waals surface area contributed by atoms with Crippen molar-refractivity contribution >= 4 is 11.9 Å². The first-order chi connectivity index (χ1) is 7.53. The van der Waals surface area contributed by atoms with Crippen molar-refractivity contribution in [1.82, 2.24) is 0 Å². The number of carboxylic acid groups (broad SMARTS) is 2. The van der Waals surface area contributed by atoms with Gasteiger partial charge in [0.1, 0.15) is 0 Å². The molecule has 0 unspecified atom stereocenters. The van der Waals surface area contributed by atoms with Crippen LogP contribution in [-0.2, 0) is 16.0 Å². The summed E-state index contributed by atoms with van der Waals surface area (Å²) in [5.41, 5.74) is -1.31. The first-order valence-corrected chi connectivity index (χ1v) is 4.99. The van der Waals surface area contributed by atoms with Crippen LogP contribution in [0.25, 0.3) is 0 Å². The molecule has 1 rings (SSSR count). The van der Waals surface area contributed by atoms with Gasteiger partial charge >= 0.3 is 70.2 Å². The van der Waals surface area contributed by atoms with Crippen molar-refractivity contribution in [2.45, 2.75) is 19.8 Å². The standard InChI is InChI=1S/C12H14O4.K.Li/c1-2-12(10(13)14,11(15)16)8-9-6-4-3-5-7-9;;/h3-7H,2,8H2,1H3,(H,13,14)(H,15,16);;/q;2*+1/p-2. The van der Waals surface area contributed by atoms with Gasteiger partial charge in [0.15, 0.2) is 0 Å². The molecule has 0 saturated heterocycles. The molecule has 0 heterocycles.